The van der Waals surface area contributed by atoms with Gasteiger partial charge in [0.1, 0.15) is 24.4 Å². The second-order valence-electron chi connectivity index (χ2n) is 8.04. The van der Waals surface area contributed by atoms with Crippen molar-refractivity contribution in [2.75, 3.05) is 13.2 Å². The Morgan fingerprint density at radius 1 is 1.00 bits per heavy atom. The predicted octanol–water partition coefficient (Wildman–Crippen LogP) is 1.31. The largest absolute Gasteiger partial charge is 0.387 e. The first kappa shape index (κ1) is 16.2. The van der Waals surface area contributed by atoms with Crippen LogP contribution in [0.25, 0.3) is 0 Å². The molecule has 0 aromatic rings. The highest BCUT2D eigenvalue weighted by Gasteiger charge is 2.56. The van der Waals surface area contributed by atoms with Gasteiger partial charge in [0.25, 0.3) is 0 Å². The number of aliphatic hydroxyl groups excluding tert-OH is 2. The monoisotopic (exact) mass is 288 g/mol. The molecule has 2 rings (SSSR count). The van der Waals surface area contributed by atoms with Gasteiger partial charge in [-0.25, -0.2) is 0 Å². The molecular weight excluding hydrogens is 260 g/mol. The van der Waals surface area contributed by atoms with Gasteiger partial charge >= 0.3 is 0 Å². The zero-order valence-corrected chi connectivity index (χ0v) is 13.1. The lowest BCUT2D eigenvalue weighted by molar-refractivity contribution is -0.156. The molecule has 2 fully saturated rings. The Hall–Kier alpha value is -0.200. The van der Waals surface area contributed by atoms with E-state index < -0.39 is 18.3 Å². The summed E-state index contributed by atoms with van der Waals surface area (Å²) >= 11 is 0. The molecule has 0 bridgehead atoms. The number of rotatable bonds is 5. The molecule has 5 unspecified atom stereocenters. The van der Waals surface area contributed by atoms with E-state index in [9.17, 15) is 10.2 Å². The summed E-state index contributed by atoms with van der Waals surface area (Å²) in [6.45, 7) is 11.9. The molecule has 0 saturated carbocycles. The van der Waals surface area contributed by atoms with Gasteiger partial charge in [0.05, 0.1) is 13.2 Å². The first-order valence-corrected chi connectivity index (χ1v) is 7.34. The Morgan fingerprint density at radius 2 is 1.65 bits per heavy atom. The van der Waals surface area contributed by atoms with Crippen LogP contribution in [0.3, 0.4) is 0 Å². The van der Waals surface area contributed by atoms with Crippen LogP contribution >= 0.6 is 0 Å². The molecular formula is C15H28O5. The van der Waals surface area contributed by atoms with Crippen LogP contribution in [0.5, 0.6) is 0 Å². The summed E-state index contributed by atoms with van der Waals surface area (Å²) in [5.41, 5.74) is 0.314. The van der Waals surface area contributed by atoms with Crippen LogP contribution in [-0.4, -0.2) is 54.1 Å². The third-order valence-electron chi connectivity index (χ3n) is 3.64. The minimum atomic E-state index is -0.940. The zero-order valence-electron chi connectivity index (χ0n) is 13.1. The third-order valence-corrected chi connectivity index (χ3v) is 3.64. The standard InChI is InChI=1S/C15H28O5/c1-14(2,3)7-15(4,5)8-18-6-9-10(16)11(17)12-13(19-9)20-12/h9-13,16-17H,6-8H2,1-5H3. The molecule has 0 amide bonds. The molecule has 0 aliphatic carbocycles. The summed E-state index contributed by atoms with van der Waals surface area (Å²) in [5, 5.41) is 19.7. The van der Waals surface area contributed by atoms with E-state index in [1.807, 2.05) is 0 Å². The number of ether oxygens (including phenoxy) is 3. The highest BCUT2D eigenvalue weighted by molar-refractivity contribution is 4.97. The predicted molar refractivity (Wildman–Crippen MR) is 74.2 cm³/mol. The van der Waals surface area contributed by atoms with Gasteiger partial charge in [-0.1, -0.05) is 34.6 Å². The van der Waals surface area contributed by atoms with Gasteiger partial charge in [-0.3, -0.25) is 0 Å². The molecule has 0 aromatic carbocycles. The maximum absolute atomic E-state index is 9.92. The van der Waals surface area contributed by atoms with Crippen molar-refractivity contribution in [3.8, 4) is 0 Å². The maximum atomic E-state index is 9.92. The smallest absolute Gasteiger partial charge is 0.187 e. The van der Waals surface area contributed by atoms with Crippen molar-refractivity contribution >= 4 is 0 Å². The molecule has 0 aromatic heterocycles. The Balaban J connectivity index is 1.75. The lowest BCUT2D eigenvalue weighted by Crippen LogP contribution is -2.49. The van der Waals surface area contributed by atoms with E-state index in [0.717, 1.165) is 6.42 Å². The minimum absolute atomic E-state index is 0.0646. The molecule has 2 saturated heterocycles. The third kappa shape index (κ3) is 4.15. The lowest BCUT2D eigenvalue weighted by Gasteiger charge is -2.34. The molecule has 5 atom stereocenters. The van der Waals surface area contributed by atoms with Gasteiger partial charge in [-0.05, 0) is 17.3 Å². The molecule has 0 radical (unpaired) electrons. The van der Waals surface area contributed by atoms with Crippen LogP contribution in [0.2, 0.25) is 0 Å². The summed E-state index contributed by atoms with van der Waals surface area (Å²) in [7, 11) is 0. The fourth-order valence-electron chi connectivity index (χ4n) is 3.20. The van der Waals surface area contributed by atoms with E-state index in [-0.39, 0.29) is 29.8 Å². The SMILES string of the molecule is CC(C)(C)CC(C)(C)COCC1OC2OC2C(O)C1O. The van der Waals surface area contributed by atoms with E-state index >= 15 is 0 Å². The molecule has 118 valence electrons. The van der Waals surface area contributed by atoms with Crippen LogP contribution in [0, 0.1) is 10.8 Å². The quantitative estimate of drug-likeness (QED) is 0.746. The molecule has 0 spiro atoms. The number of epoxide rings is 1. The topological polar surface area (TPSA) is 71.5 Å². The van der Waals surface area contributed by atoms with E-state index in [1.54, 1.807) is 0 Å². The summed E-state index contributed by atoms with van der Waals surface area (Å²) < 4.78 is 16.3. The average Bonchev–Trinajstić information content (AvgIpc) is 3.00. The van der Waals surface area contributed by atoms with Crippen LogP contribution in [0.4, 0.5) is 0 Å². The Labute approximate surface area is 121 Å². The summed E-state index contributed by atoms with van der Waals surface area (Å²) in [4.78, 5) is 0. The summed E-state index contributed by atoms with van der Waals surface area (Å²) in [6, 6.07) is 0. The van der Waals surface area contributed by atoms with Crippen LogP contribution in [0.1, 0.15) is 41.0 Å². The molecule has 5 heteroatoms. The molecule has 2 aliphatic rings. The first-order valence-electron chi connectivity index (χ1n) is 7.34. The summed E-state index contributed by atoms with van der Waals surface area (Å²) in [5.74, 6) is 0. The van der Waals surface area contributed by atoms with Crippen molar-refractivity contribution in [2.24, 2.45) is 10.8 Å². The number of hydrogen-bond acceptors (Lipinski definition) is 5. The average molecular weight is 288 g/mol. The Morgan fingerprint density at radius 3 is 2.25 bits per heavy atom. The van der Waals surface area contributed by atoms with Gasteiger partial charge in [-0.2, -0.15) is 0 Å². The highest BCUT2D eigenvalue weighted by atomic mass is 16.8. The van der Waals surface area contributed by atoms with Crippen LogP contribution in [0.15, 0.2) is 0 Å². The maximum Gasteiger partial charge on any atom is 0.187 e. The van der Waals surface area contributed by atoms with E-state index in [4.69, 9.17) is 14.2 Å². The molecule has 5 nitrogen and oxygen atoms in total. The van der Waals surface area contributed by atoms with Crippen LogP contribution < -0.4 is 0 Å². The fourth-order valence-corrected chi connectivity index (χ4v) is 3.20. The van der Waals surface area contributed by atoms with Gasteiger partial charge in [0.15, 0.2) is 6.29 Å². The zero-order chi connectivity index (χ0) is 15.1. The van der Waals surface area contributed by atoms with Gasteiger partial charge in [-0.15, -0.1) is 0 Å². The van der Waals surface area contributed by atoms with Crippen molar-refractivity contribution in [3.05, 3.63) is 0 Å². The molecule has 2 heterocycles. The molecule has 2 aliphatic heterocycles. The van der Waals surface area contributed by atoms with Crippen molar-refractivity contribution in [1.82, 2.24) is 0 Å². The normalized spacial score (nSPS) is 37.6. The van der Waals surface area contributed by atoms with E-state index in [0.29, 0.717) is 6.61 Å². The van der Waals surface area contributed by atoms with Gasteiger partial charge in [0, 0.05) is 0 Å². The Bertz CT molecular complexity index is 336. The van der Waals surface area contributed by atoms with Crippen molar-refractivity contribution in [3.63, 3.8) is 0 Å². The van der Waals surface area contributed by atoms with E-state index in [2.05, 4.69) is 34.6 Å². The molecule has 2 N–H and O–H groups in total. The lowest BCUT2D eigenvalue weighted by atomic mass is 9.77. The van der Waals surface area contributed by atoms with Crippen LogP contribution in [-0.2, 0) is 14.2 Å². The fraction of sp³-hybridized carbons (Fsp3) is 1.00. The van der Waals surface area contributed by atoms with Crippen molar-refractivity contribution in [2.45, 2.75) is 71.7 Å². The second-order valence-corrected chi connectivity index (χ2v) is 8.04. The first-order chi connectivity index (χ1) is 9.09. The Kier molecular flexibility index (Phi) is 4.48. The highest BCUT2D eigenvalue weighted by Crippen LogP contribution is 2.36. The summed E-state index contributed by atoms with van der Waals surface area (Å²) in [6.07, 6.45) is -2.01. The molecule has 20 heavy (non-hydrogen) atoms. The number of fused-ring (bicyclic) bond motifs is 1. The van der Waals surface area contributed by atoms with Crippen molar-refractivity contribution < 1.29 is 24.4 Å². The number of hydrogen-bond donors (Lipinski definition) is 2. The second kappa shape index (κ2) is 5.54. The van der Waals surface area contributed by atoms with Gasteiger partial charge in [0.2, 0.25) is 0 Å². The minimum Gasteiger partial charge on any atom is -0.387 e. The van der Waals surface area contributed by atoms with Gasteiger partial charge < -0.3 is 24.4 Å². The van der Waals surface area contributed by atoms with E-state index in [1.165, 1.54) is 0 Å². The number of aliphatic hydroxyl groups is 2. The van der Waals surface area contributed by atoms with Crippen molar-refractivity contribution in [1.29, 1.82) is 0 Å².